The van der Waals surface area contributed by atoms with Crippen molar-refractivity contribution in [3.8, 4) is 5.75 Å². The highest BCUT2D eigenvalue weighted by Crippen LogP contribution is 2.56. The number of ether oxygens (including phenoxy) is 1. The standard InChI is InChI=1S/C33H32FN5O3/c1-32(2)14-24-29(26(40)16-32)28(22-13-18-12-21(42-5)10-11-23(18)39-31(22)35-36-37-39)30-25(15-33(3,4)17-27(30)41)38(24)20-8-6-19(34)7-9-20/h6-13,28H,14-17H2,1-5H3. The number of anilines is 1. The third-order valence-corrected chi connectivity index (χ3v) is 8.81. The second kappa shape index (κ2) is 9.05. The lowest BCUT2D eigenvalue weighted by atomic mass is 9.63. The number of fused-ring (bicyclic) bond motifs is 3. The molecule has 0 saturated heterocycles. The highest BCUT2D eigenvalue weighted by atomic mass is 19.1. The van der Waals surface area contributed by atoms with Crippen molar-refractivity contribution in [1.29, 1.82) is 0 Å². The van der Waals surface area contributed by atoms with Gasteiger partial charge >= 0.3 is 0 Å². The predicted molar refractivity (Wildman–Crippen MR) is 157 cm³/mol. The van der Waals surface area contributed by atoms with Crippen LogP contribution in [0.3, 0.4) is 0 Å². The Morgan fingerprint density at radius 2 is 1.48 bits per heavy atom. The predicted octanol–water partition coefficient (Wildman–Crippen LogP) is 6.32. The Morgan fingerprint density at radius 3 is 2.07 bits per heavy atom. The summed E-state index contributed by atoms with van der Waals surface area (Å²) in [6.07, 6.45) is 1.95. The van der Waals surface area contributed by atoms with Gasteiger partial charge < -0.3 is 9.64 Å². The quantitative estimate of drug-likeness (QED) is 0.287. The second-order valence-corrected chi connectivity index (χ2v) is 13.3. The van der Waals surface area contributed by atoms with E-state index in [2.05, 4.69) is 48.1 Å². The van der Waals surface area contributed by atoms with Gasteiger partial charge in [-0.05, 0) is 82.6 Å². The Hall–Kier alpha value is -4.40. The molecule has 3 heterocycles. The number of benzene rings is 2. The smallest absolute Gasteiger partial charge is 0.184 e. The molecule has 2 aromatic carbocycles. The minimum Gasteiger partial charge on any atom is -0.497 e. The van der Waals surface area contributed by atoms with Crippen LogP contribution in [-0.4, -0.2) is 38.7 Å². The third kappa shape index (κ3) is 4.05. The lowest BCUT2D eigenvalue weighted by Gasteiger charge is -2.49. The van der Waals surface area contributed by atoms with Crippen molar-refractivity contribution in [1.82, 2.24) is 20.0 Å². The number of tetrazole rings is 1. The van der Waals surface area contributed by atoms with Gasteiger partial charge in [0.05, 0.1) is 12.6 Å². The SMILES string of the molecule is COc1ccc2c(c1)cc(C1C3=C(CC(C)(C)CC3=O)N(c3ccc(F)cc3)C3=C1C(=O)CC(C)(C)C3)c1nnnn12. The van der Waals surface area contributed by atoms with E-state index in [0.717, 1.165) is 28.0 Å². The van der Waals surface area contributed by atoms with Gasteiger partial charge in [-0.1, -0.05) is 27.7 Å². The number of hydrogen-bond donors (Lipinski definition) is 0. The number of ketones is 2. The zero-order chi connectivity index (χ0) is 29.6. The minimum atomic E-state index is -0.636. The highest BCUT2D eigenvalue weighted by Gasteiger charge is 2.50. The van der Waals surface area contributed by atoms with E-state index in [-0.39, 0.29) is 28.2 Å². The van der Waals surface area contributed by atoms with Gasteiger partial charge in [-0.25, -0.2) is 4.39 Å². The Labute approximate surface area is 242 Å². The third-order valence-electron chi connectivity index (χ3n) is 8.81. The molecule has 0 saturated carbocycles. The first-order valence-corrected chi connectivity index (χ1v) is 14.2. The lowest BCUT2D eigenvalue weighted by molar-refractivity contribution is -0.119. The highest BCUT2D eigenvalue weighted by molar-refractivity contribution is 6.09. The molecule has 0 unspecified atom stereocenters. The maximum absolute atomic E-state index is 14.2. The molecular weight excluding hydrogens is 533 g/mol. The Balaban J connectivity index is 1.58. The number of pyridine rings is 1. The summed E-state index contributed by atoms with van der Waals surface area (Å²) < 4.78 is 21.3. The fraction of sp³-hybridized carbons (Fsp3) is 0.364. The first kappa shape index (κ1) is 26.5. The van der Waals surface area contributed by atoms with Gasteiger partial charge in [0, 0.05) is 57.9 Å². The van der Waals surface area contributed by atoms with Gasteiger partial charge in [-0.3, -0.25) is 9.59 Å². The van der Waals surface area contributed by atoms with Gasteiger partial charge in [0.25, 0.3) is 0 Å². The Bertz CT molecular complexity index is 1830. The topological polar surface area (TPSA) is 89.7 Å². The number of Topliss-reactive ketones (excluding diaryl/α,β-unsaturated/α-hetero) is 2. The lowest BCUT2D eigenvalue weighted by Crippen LogP contribution is -2.44. The van der Waals surface area contributed by atoms with E-state index in [9.17, 15) is 14.0 Å². The van der Waals surface area contributed by atoms with E-state index in [1.165, 1.54) is 12.1 Å². The summed E-state index contributed by atoms with van der Waals surface area (Å²) in [5.41, 5.74) is 5.04. The average Bonchev–Trinajstić information content (AvgIpc) is 3.41. The molecule has 0 atom stereocenters. The maximum Gasteiger partial charge on any atom is 0.184 e. The fourth-order valence-electron chi connectivity index (χ4n) is 7.12. The van der Waals surface area contributed by atoms with Crippen LogP contribution in [0, 0.1) is 16.6 Å². The number of allylic oxidation sites excluding steroid dienone is 4. The van der Waals surface area contributed by atoms with E-state index in [1.807, 2.05) is 24.3 Å². The number of rotatable bonds is 3. The van der Waals surface area contributed by atoms with Crippen molar-refractivity contribution in [2.24, 2.45) is 10.8 Å². The van der Waals surface area contributed by atoms with E-state index in [0.29, 0.717) is 53.8 Å². The van der Waals surface area contributed by atoms with E-state index < -0.39 is 5.92 Å². The number of halogens is 1. The molecule has 0 spiro atoms. The number of carbonyl (C=O) groups excluding carboxylic acids is 2. The average molecular weight is 566 g/mol. The maximum atomic E-state index is 14.2. The number of hydrogen-bond acceptors (Lipinski definition) is 7. The van der Waals surface area contributed by atoms with Gasteiger partial charge in [0.1, 0.15) is 11.6 Å². The molecule has 9 heteroatoms. The molecule has 0 fully saturated rings. The van der Waals surface area contributed by atoms with Crippen molar-refractivity contribution in [2.45, 2.75) is 59.3 Å². The van der Waals surface area contributed by atoms with Crippen LogP contribution in [0.2, 0.25) is 0 Å². The van der Waals surface area contributed by atoms with Crippen LogP contribution in [0.1, 0.15) is 64.9 Å². The van der Waals surface area contributed by atoms with Crippen molar-refractivity contribution in [3.05, 3.63) is 82.5 Å². The molecule has 2 aliphatic carbocycles. The first-order valence-electron chi connectivity index (χ1n) is 14.2. The van der Waals surface area contributed by atoms with Gasteiger partial charge in [-0.2, -0.15) is 4.52 Å². The zero-order valence-electron chi connectivity index (χ0n) is 24.4. The van der Waals surface area contributed by atoms with Crippen molar-refractivity contribution >= 4 is 33.8 Å². The molecule has 42 heavy (non-hydrogen) atoms. The molecule has 0 bridgehead atoms. The molecule has 4 aromatic rings. The van der Waals surface area contributed by atoms with E-state index in [1.54, 1.807) is 23.8 Å². The normalized spacial score (nSPS) is 20.4. The summed E-state index contributed by atoms with van der Waals surface area (Å²) in [5.74, 6) is -0.302. The molecule has 0 N–H and O–H groups in total. The number of nitrogens with zero attached hydrogens (tertiary/aromatic N) is 5. The van der Waals surface area contributed by atoms with Crippen molar-refractivity contribution < 1.29 is 18.7 Å². The Kier molecular flexibility index (Phi) is 5.71. The van der Waals surface area contributed by atoms with Crippen LogP contribution in [0.5, 0.6) is 5.75 Å². The largest absolute Gasteiger partial charge is 0.497 e. The van der Waals surface area contributed by atoms with Crippen molar-refractivity contribution in [3.63, 3.8) is 0 Å². The van der Waals surface area contributed by atoms with Crippen LogP contribution in [0.25, 0.3) is 16.6 Å². The monoisotopic (exact) mass is 565 g/mol. The van der Waals surface area contributed by atoms with E-state index in [4.69, 9.17) is 4.74 Å². The summed E-state index contributed by atoms with van der Waals surface area (Å²) in [5, 5.41) is 13.5. The molecule has 214 valence electrons. The number of carbonyl (C=O) groups is 2. The van der Waals surface area contributed by atoms with Crippen LogP contribution in [0.4, 0.5) is 10.1 Å². The van der Waals surface area contributed by atoms with E-state index >= 15 is 0 Å². The first-order chi connectivity index (χ1) is 20.0. The molecule has 7 rings (SSSR count). The zero-order valence-corrected chi connectivity index (χ0v) is 24.4. The molecule has 0 radical (unpaired) electrons. The van der Waals surface area contributed by atoms with Crippen LogP contribution in [-0.2, 0) is 9.59 Å². The summed E-state index contributed by atoms with van der Waals surface area (Å²) in [7, 11) is 1.61. The summed E-state index contributed by atoms with van der Waals surface area (Å²) in [6.45, 7) is 8.37. The number of methoxy groups -OCH3 is 1. The summed E-state index contributed by atoms with van der Waals surface area (Å²) >= 11 is 0. The van der Waals surface area contributed by atoms with Gasteiger partial charge in [0.2, 0.25) is 0 Å². The summed E-state index contributed by atoms with van der Waals surface area (Å²) in [6, 6.07) is 14.0. The second-order valence-electron chi connectivity index (χ2n) is 13.3. The van der Waals surface area contributed by atoms with Crippen LogP contribution >= 0.6 is 0 Å². The number of aromatic nitrogens is 4. The molecular formula is C33H32FN5O3. The van der Waals surface area contributed by atoms with Gasteiger partial charge in [-0.15, -0.1) is 5.10 Å². The fourth-order valence-corrected chi connectivity index (χ4v) is 7.12. The molecule has 8 nitrogen and oxygen atoms in total. The summed E-state index contributed by atoms with van der Waals surface area (Å²) in [4.78, 5) is 30.6. The van der Waals surface area contributed by atoms with Gasteiger partial charge in [0.15, 0.2) is 17.2 Å². The molecule has 1 aliphatic heterocycles. The van der Waals surface area contributed by atoms with Crippen molar-refractivity contribution in [2.75, 3.05) is 12.0 Å². The molecule has 2 aromatic heterocycles. The van der Waals surface area contributed by atoms with Crippen LogP contribution < -0.4 is 9.64 Å². The minimum absolute atomic E-state index is 0.00101. The molecule has 0 amide bonds. The molecule has 3 aliphatic rings. The van der Waals surface area contributed by atoms with Crippen LogP contribution in [0.15, 0.2) is 71.1 Å². The Morgan fingerprint density at radius 1 is 0.857 bits per heavy atom.